The normalized spacial score (nSPS) is 24.1. The number of rotatable bonds is 7. The van der Waals surface area contributed by atoms with Crippen LogP contribution in [-0.2, 0) is 14.4 Å². The van der Waals surface area contributed by atoms with Gasteiger partial charge in [0.25, 0.3) is 5.91 Å². The number of carbonyl (C=O) groups is 3. The van der Waals surface area contributed by atoms with Gasteiger partial charge in [0.15, 0.2) is 6.61 Å². The summed E-state index contributed by atoms with van der Waals surface area (Å²) in [4.78, 5) is 35.5. The number of nitrogens with zero attached hydrogens (tertiary/aromatic N) is 2. The van der Waals surface area contributed by atoms with E-state index in [0.29, 0.717) is 47.0 Å². The fourth-order valence-electron chi connectivity index (χ4n) is 4.85. The largest absolute Gasteiger partial charge is 0.482 e. The number of carbonyl (C=O) groups excluding carboxylic acids is 3. The average molecular weight is 509 g/mol. The smallest absolute Gasteiger partial charge is 0.260 e. The van der Waals surface area contributed by atoms with Crippen molar-refractivity contribution >= 4 is 41.4 Å². The van der Waals surface area contributed by atoms with Gasteiger partial charge in [0.1, 0.15) is 11.8 Å². The van der Waals surface area contributed by atoms with Crippen LogP contribution in [0.25, 0.3) is 0 Å². The van der Waals surface area contributed by atoms with Gasteiger partial charge in [-0.15, -0.1) is 0 Å². The molecule has 3 aliphatic rings. The Balaban J connectivity index is 0.000000204. The summed E-state index contributed by atoms with van der Waals surface area (Å²) in [6.45, 7) is 2.54. The second-order valence-corrected chi connectivity index (χ2v) is 9.79. The molecule has 4 atom stereocenters. The number of halogens is 2. The summed E-state index contributed by atoms with van der Waals surface area (Å²) in [6, 6.07) is 6.40. The predicted octanol–water partition coefficient (Wildman–Crippen LogP) is 3.17. The van der Waals surface area contributed by atoms with Crippen molar-refractivity contribution in [1.82, 2.24) is 15.5 Å². The molecule has 3 amide bonds. The Kier molecular flexibility index (Phi) is 9.85. The fourth-order valence-corrected chi connectivity index (χ4v) is 5.31. The maximum absolute atomic E-state index is 12.2. The molecule has 0 bridgehead atoms. The molecular formula is C24H30Cl2N4O4. The minimum atomic E-state index is -0.554. The van der Waals surface area contributed by atoms with Gasteiger partial charge in [0.05, 0.1) is 11.1 Å². The van der Waals surface area contributed by atoms with Crippen molar-refractivity contribution in [1.29, 1.82) is 5.26 Å². The highest BCUT2D eigenvalue weighted by Gasteiger charge is 2.38. The van der Waals surface area contributed by atoms with E-state index in [1.807, 2.05) is 11.0 Å². The second-order valence-electron chi connectivity index (χ2n) is 8.95. The Morgan fingerprint density at radius 1 is 1.26 bits per heavy atom. The molecule has 184 valence electrons. The van der Waals surface area contributed by atoms with Gasteiger partial charge >= 0.3 is 0 Å². The lowest BCUT2D eigenvalue weighted by Crippen LogP contribution is -2.40. The van der Waals surface area contributed by atoms with Crippen LogP contribution in [0, 0.1) is 29.1 Å². The van der Waals surface area contributed by atoms with Crippen LogP contribution < -0.4 is 15.4 Å². The molecule has 4 rings (SSSR count). The molecule has 2 aliphatic heterocycles. The SMILES string of the molecule is N#CC(CC1CCCNC1=O)NC=O.O=C(COc1ccc(Cl)cc1Cl)N1CC2CCCC2C1. The lowest BCUT2D eigenvalue weighted by Gasteiger charge is -2.23. The number of amides is 3. The number of nitriles is 1. The number of fused-ring (bicyclic) bond motifs is 1. The molecule has 8 nitrogen and oxygen atoms in total. The molecule has 1 aliphatic carbocycles. The zero-order valence-electron chi connectivity index (χ0n) is 19.0. The zero-order valence-corrected chi connectivity index (χ0v) is 20.5. The Labute approximate surface area is 209 Å². The molecule has 1 aromatic carbocycles. The molecule has 0 aromatic heterocycles. The van der Waals surface area contributed by atoms with Gasteiger partial charge in [0, 0.05) is 30.6 Å². The van der Waals surface area contributed by atoms with E-state index in [1.54, 1.807) is 18.2 Å². The van der Waals surface area contributed by atoms with Crippen molar-refractivity contribution in [3.05, 3.63) is 28.2 Å². The van der Waals surface area contributed by atoms with Gasteiger partial charge in [0.2, 0.25) is 12.3 Å². The highest BCUT2D eigenvalue weighted by atomic mass is 35.5. The van der Waals surface area contributed by atoms with Crippen molar-refractivity contribution in [3.8, 4) is 11.8 Å². The summed E-state index contributed by atoms with van der Waals surface area (Å²) in [5.74, 6) is 1.82. The Morgan fingerprint density at radius 3 is 2.62 bits per heavy atom. The van der Waals surface area contributed by atoms with Crippen LogP contribution in [0.1, 0.15) is 38.5 Å². The number of hydrogen-bond acceptors (Lipinski definition) is 5. The summed E-state index contributed by atoms with van der Waals surface area (Å²) in [6.07, 6.45) is 6.47. The number of likely N-dealkylation sites (tertiary alicyclic amines) is 1. The van der Waals surface area contributed by atoms with Crippen molar-refractivity contribution < 1.29 is 19.1 Å². The quantitative estimate of drug-likeness (QED) is 0.549. The maximum Gasteiger partial charge on any atom is 0.260 e. The van der Waals surface area contributed by atoms with Crippen LogP contribution in [0.15, 0.2) is 18.2 Å². The number of benzene rings is 1. The first kappa shape index (κ1) is 26.1. The van der Waals surface area contributed by atoms with Crippen LogP contribution in [-0.4, -0.2) is 55.4 Å². The first-order valence-electron chi connectivity index (χ1n) is 11.6. The number of nitrogens with one attached hydrogen (secondary N) is 2. The molecule has 2 N–H and O–H groups in total. The van der Waals surface area contributed by atoms with Crippen LogP contribution in [0.2, 0.25) is 10.0 Å². The van der Waals surface area contributed by atoms with Gasteiger partial charge in [-0.3, -0.25) is 14.4 Å². The van der Waals surface area contributed by atoms with E-state index < -0.39 is 6.04 Å². The van der Waals surface area contributed by atoms with E-state index in [-0.39, 0.29) is 24.3 Å². The standard InChI is InChI=1S/C15H17Cl2NO2.C9H13N3O2/c16-12-4-5-14(13(17)6-12)20-9-15(19)18-7-10-2-1-3-11(10)8-18;10-5-8(12-6-13)4-7-2-1-3-11-9(7)14/h4-6,10-11H,1-3,7-9H2;6-8H,1-4H2,(H,11,14)(H,12,13). The van der Waals surface area contributed by atoms with Crippen LogP contribution in [0.4, 0.5) is 0 Å². The molecule has 0 spiro atoms. The highest BCUT2D eigenvalue weighted by molar-refractivity contribution is 6.35. The third-order valence-electron chi connectivity index (χ3n) is 6.67. The third-order valence-corrected chi connectivity index (χ3v) is 7.20. The van der Waals surface area contributed by atoms with Crippen molar-refractivity contribution in [2.24, 2.45) is 17.8 Å². The molecule has 1 saturated carbocycles. The number of hydrogen-bond donors (Lipinski definition) is 2. The van der Waals surface area contributed by atoms with Crippen LogP contribution in [0.3, 0.4) is 0 Å². The average Bonchev–Trinajstić information content (AvgIpc) is 3.42. The molecule has 0 radical (unpaired) electrons. The monoisotopic (exact) mass is 508 g/mol. The van der Waals surface area contributed by atoms with Crippen molar-refractivity contribution in [2.45, 2.75) is 44.6 Å². The summed E-state index contributed by atoms with van der Waals surface area (Å²) in [5.41, 5.74) is 0. The van der Waals surface area contributed by atoms with Gasteiger partial charge in [-0.05, 0) is 62.1 Å². The minimum absolute atomic E-state index is 0.0100. The van der Waals surface area contributed by atoms with E-state index in [2.05, 4.69) is 10.6 Å². The van der Waals surface area contributed by atoms with Gasteiger partial charge in [-0.25, -0.2) is 0 Å². The zero-order chi connectivity index (χ0) is 24.5. The third kappa shape index (κ3) is 7.25. The van der Waals surface area contributed by atoms with Gasteiger partial charge in [-0.1, -0.05) is 29.6 Å². The topological polar surface area (TPSA) is 112 Å². The Bertz CT molecular complexity index is 911. The molecule has 2 heterocycles. The number of ether oxygens (including phenoxy) is 1. The fraction of sp³-hybridized carbons (Fsp3) is 0.583. The van der Waals surface area contributed by atoms with Gasteiger partial charge in [-0.2, -0.15) is 5.26 Å². The van der Waals surface area contributed by atoms with Crippen LogP contribution >= 0.6 is 23.2 Å². The van der Waals surface area contributed by atoms with E-state index in [9.17, 15) is 14.4 Å². The lowest BCUT2D eigenvalue weighted by molar-refractivity contribution is -0.132. The Hall–Kier alpha value is -2.50. The van der Waals surface area contributed by atoms with Crippen molar-refractivity contribution in [3.63, 3.8) is 0 Å². The second kappa shape index (κ2) is 12.8. The predicted molar refractivity (Wildman–Crippen MR) is 128 cm³/mol. The molecule has 1 aromatic rings. The summed E-state index contributed by atoms with van der Waals surface area (Å²) in [7, 11) is 0. The molecule has 3 fully saturated rings. The van der Waals surface area contributed by atoms with E-state index in [4.69, 9.17) is 33.2 Å². The first-order chi connectivity index (χ1) is 16.4. The maximum atomic E-state index is 12.2. The molecule has 34 heavy (non-hydrogen) atoms. The summed E-state index contributed by atoms with van der Waals surface area (Å²) in [5, 5.41) is 14.8. The molecule has 10 heteroatoms. The van der Waals surface area contributed by atoms with E-state index >= 15 is 0 Å². The highest BCUT2D eigenvalue weighted by Crippen LogP contribution is 2.37. The summed E-state index contributed by atoms with van der Waals surface area (Å²) < 4.78 is 5.51. The molecular weight excluding hydrogens is 479 g/mol. The van der Waals surface area contributed by atoms with Gasteiger partial charge < -0.3 is 20.3 Å². The molecule has 4 unspecified atom stereocenters. The van der Waals surface area contributed by atoms with E-state index in [1.165, 1.54) is 19.3 Å². The van der Waals surface area contributed by atoms with Crippen LogP contribution in [0.5, 0.6) is 5.75 Å². The molecule has 2 saturated heterocycles. The first-order valence-corrected chi connectivity index (χ1v) is 12.4. The number of piperidine rings is 1. The summed E-state index contributed by atoms with van der Waals surface area (Å²) >= 11 is 11.8. The lowest BCUT2D eigenvalue weighted by atomic mass is 9.92. The van der Waals surface area contributed by atoms with Crippen molar-refractivity contribution in [2.75, 3.05) is 26.2 Å². The minimum Gasteiger partial charge on any atom is -0.482 e. The van der Waals surface area contributed by atoms with E-state index in [0.717, 1.165) is 25.9 Å². The Morgan fingerprint density at radius 2 is 2.00 bits per heavy atom.